The molecule has 28 heavy (non-hydrogen) atoms. The summed E-state index contributed by atoms with van der Waals surface area (Å²) < 4.78 is 5.01. The average molecular weight is 396 g/mol. The van der Waals surface area contributed by atoms with E-state index in [-0.39, 0.29) is 17.7 Å². The third kappa shape index (κ3) is 4.90. The topological polar surface area (TPSA) is 95.0 Å². The minimum absolute atomic E-state index is 0.216. The third-order valence-corrected chi connectivity index (χ3v) is 4.48. The highest BCUT2D eigenvalue weighted by atomic mass is 35.5. The summed E-state index contributed by atoms with van der Waals surface area (Å²) >= 11 is 5.87. The Bertz CT molecular complexity index is 1050. The number of ether oxygens (including phenoxy) is 1. The molecule has 6 nitrogen and oxygen atoms in total. The van der Waals surface area contributed by atoms with Crippen LogP contribution in [0.1, 0.15) is 24.0 Å². The van der Waals surface area contributed by atoms with E-state index in [0.29, 0.717) is 11.4 Å². The van der Waals surface area contributed by atoms with Crippen molar-refractivity contribution in [2.45, 2.75) is 19.3 Å². The SMILES string of the molecule is N#Cc1ccc(Cl)cc1NC(=O)COC(=O)CCCc1c[nH]c2ccccc12. The monoisotopic (exact) mass is 395 g/mol. The van der Waals surface area contributed by atoms with Crippen LogP contribution in [-0.2, 0) is 20.7 Å². The number of aryl methyl sites for hydroxylation is 1. The van der Waals surface area contributed by atoms with Gasteiger partial charge in [-0.15, -0.1) is 0 Å². The van der Waals surface area contributed by atoms with Crippen LogP contribution in [0.2, 0.25) is 5.02 Å². The number of hydrogen-bond donors (Lipinski definition) is 2. The number of esters is 1. The molecule has 0 radical (unpaired) electrons. The maximum Gasteiger partial charge on any atom is 0.306 e. The number of benzene rings is 2. The van der Waals surface area contributed by atoms with Crippen molar-refractivity contribution in [3.05, 3.63) is 64.8 Å². The Hall–Kier alpha value is -3.30. The van der Waals surface area contributed by atoms with Crippen LogP contribution in [0.25, 0.3) is 10.9 Å². The lowest BCUT2D eigenvalue weighted by Gasteiger charge is -2.08. The summed E-state index contributed by atoms with van der Waals surface area (Å²) in [6.45, 7) is -0.413. The molecule has 142 valence electrons. The highest BCUT2D eigenvalue weighted by Gasteiger charge is 2.11. The smallest absolute Gasteiger partial charge is 0.306 e. The number of H-pyrrole nitrogens is 1. The number of carbonyl (C=O) groups excluding carboxylic acids is 2. The largest absolute Gasteiger partial charge is 0.456 e. The van der Waals surface area contributed by atoms with Crippen LogP contribution >= 0.6 is 11.6 Å². The Morgan fingerprint density at radius 2 is 2.04 bits per heavy atom. The van der Waals surface area contributed by atoms with Crippen LogP contribution in [0.4, 0.5) is 5.69 Å². The lowest BCUT2D eigenvalue weighted by molar-refractivity contribution is -0.147. The molecule has 7 heteroatoms. The standard InChI is InChI=1S/C21H18ClN3O3/c22-16-9-8-14(11-23)19(10-16)25-20(26)13-28-21(27)7-3-4-15-12-24-18-6-2-1-5-17(15)18/h1-2,5-6,8-10,12,24H,3-4,7,13H2,(H,25,26). The van der Waals surface area contributed by atoms with Crippen molar-refractivity contribution in [3.8, 4) is 6.07 Å². The maximum absolute atomic E-state index is 12.0. The predicted molar refractivity (Wildman–Crippen MR) is 107 cm³/mol. The molecule has 0 aliphatic carbocycles. The van der Waals surface area contributed by atoms with Gasteiger partial charge in [0.2, 0.25) is 0 Å². The van der Waals surface area contributed by atoms with Crippen molar-refractivity contribution in [2.75, 3.05) is 11.9 Å². The van der Waals surface area contributed by atoms with Gasteiger partial charge >= 0.3 is 5.97 Å². The molecule has 2 aromatic carbocycles. The number of aromatic nitrogens is 1. The Morgan fingerprint density at radius 3 is 2.86 bits per heavy atom. The Labute approximate surface area is 167 Å². The van der Waals surface area contributed by atoms with E-state index >= 15 is 0 Å². The molecule has 0 aliphatic heterocycles. The number of nitrogens with one attached hydrogen (secondary N) is 2. The van der Waals surface area contributed by atoms with Crippen LogP contribution in [0.5, 0.6) is 0 Å². The lowest BCUT2D eigenvalue weighted by atomic mass is 10.1. The molecule has 0 saturated carbocycles. The second kappa shape index (κ2) is 9.07. The van der Waals surface area contributed by atoms with Gasteiger partial charge in [0.25, 0.3) is 5.91 Å². The molecule has 2 N–H and O–H groups in total. The Balaban J connectivity index is 1.44. The second-order valence-corrected chi connectivity index (χ2v) is 6.66. The van der Waals surface area contributed by atoms with Gasteiger partial charge in [0, 0.05) is 28.5 Å². The number of hydrogen-bond acceptors (Lipinski definition) is 4. The van der Waals surface area contributed by atoms with E-state index in [0.717, 1.165) is 22.9 Å². The molecule has 0 aliphatic rings. The number of anilines is 1. The minimum atomic E-state index is -0.524. The van der Waals surface area contributed by atoms with E-state index < -0.39 is 18.5 Å². The van der Waals surface area contributed by atoms with Crippen LogP contribution in [0.3, 0.4) is 0 Å². The van der Waals surface area contributed by atoms with Gasteiger partial charge in [-0.05, 0) is 42.7 Å². The van der Waals surface area contributed by atoms with Crippen LogP contribution in [0.15, 0.2) is 48.7 Å². The second-order valence-electron chi connectivity index (χ2n) is 6.22. The maximum atomic E-state index is 12.0. The zero-order valence-electron chi connectivity index (χ0n) is 15.0. The number of amides is 1. The van der Waals surface area contributed by atoms with Crippen LogP contribution in [0, 0.1) is 11.3 Å². The number of rotatable bonds is 7. The number of fused-ring (bicyclic) bond motifs is 1. The molecule has 1 heterocycles. The van der Waals surface area contributed by atoms with Gasteiger partial charge in [-0.1, -0.05) is 29.8 Å². The molecular weight excluding hydrogens is 378 g/mol. The molecule has 3 aromatic rings. The molecule has 0 unspecified atom stereocenters. The Morgan fingerprint density at radius 1 is 1.21 bits per heavy atom. The summed E-state index contributed by atoms with van der Waals surface area (Å²) in [5.74, 6) is -0.967. The van der Waals surface area contributed by atoms with E-state index in [4.69, 9.17) is 21.6 Å². The number of halogens is 1. The molecule has 0 atom stereocenters. The van der Waals surface area contributed by atoms with Crippen LogP contribution < -0.4 is 5.32 Å². The highest BCUT2D eigenvalue weighted by molar-refractivity contribution is 6.31. The average Bonchev–Trinajstić information content (AvgIpc) is 3.10. The zero-order valence-corrected chi connectivity index (χ0v) is 15.8. The third-order valence-electron chi connectivity index (χ3n) is 4.24. The van der Waals surface area contributed by atoms with Crippen molar-refractivity contribution >= 4 is 40.1 Å². The molecule has 3 rings (SSSR count). The van der Waals surface area contributed by atoms with E-state index in [1.165, 1.54) is 12.1 Å². The highest BCUT2D eigenvalue weighted by Crippen LogP contribution is 2.21. The van der Waals surface area contributed by atoms with Gasteiger partial charge in [0.15, 0.2) is 6.61 Å². The van der Waals surface area contributed by atoms with Gasteiger partial charge in [-0.25, -0.2) is 0 Å². The van der Waals surface area contributed by atoms with E-state index in [2.05, 4.69) is 10.3 Å². The fraction of sp³-hybridized carbons (Fsp3) is 0.190. The predicted octanol–water partition coefficient (Wildman–Crippen LogP) is 4.20. The zero-order chi connectivity index (χ0) is 19.9. The summed E-state index contributed by atoms with van der Waals surface area (Å²) in [5, 5.41) is 13.1. The van der Waals surface area contributed by atoms with Gasteiger partial charge in [-0.3, -0.25) is 9.59 Å². The Kier molecular flexibility index (Phi) is 6.30. The van der Waals surface area contributed by atoms with Crippen molar-refractivity contribution < 1.29 is 14.3 Å². The van der Waals surface area contributed by atoms with Gasteiger partial charge < -0.3 is 15.0 Å². The van der Waals surface area contributed by atoms with E-state index in [1.54, 1.807) is 6.07 Å². The van der Waals surface area contributed by atoms with Crippen molar-refractivity contribution in [1.29, 1.82) is 5.26 Å². The molecule has 1 aromatic heterocycles. The summed E-state index contributed by atoms with van der Waals surface area (Å²) in [7, 11) is 0. The quantitative estimate of drug-likeness (QED) is 0.586. The normalized spacial score (nSPS) is 10.4. The van der Waals surface area contributed by atoms with Gasteiger partial charge in [0.05, 0.1) is 11.3 Å². The van der Waals surface area contributed by atoms with E-state index in [9.17, 15) is 9.59 Å². The molecular formula is C21H18ClN3O3. The first-order valence-corrected chi connectivity index (χ1v) is 9.14. The molecule has 1 amide bonds. The van der Waals surface area contributed by atoms with Gasteiger partial charge in [0.1, 0.15) is 6.07 Å². The summed E-state index contributed by atoms with van der Waals surface area (Å²) in [5.41, 5.74) is 2.78. The first-order valence-electron chi connectivity index (χ1n) is 8.77. The first kappa shape index (κ1) is 19.5. The van der Waals surface area contributed by atoms with Crippen LogP contribution in [-0.4, -0.2) is 23.5 Å². The molecule has 0 fully saturated rings. The van der Waals surface area contributed by atoms with Crippen molar-refractivity contribution in [3.63, 3.8) is 0 Å². The van der Waals surface area contributed by atoms with Gasteiger partial charge in [-0.2, -0.15) is 5.26 Å². The number of aromatic amines is 1. The summed E-state index contributed by atoms with van der Waals surface area (Å²) in [6.07, 6.45) is 3.52. The summed E-state index contributed by atoms with van der Waals surface area (Å²) in [4.78, 5) is 27.0. The van der Waals surface area contributed by atoms with E-state index in [1.807, 2.05) is 36.5 Å². The molecule has 0 spiro atoms. The fourth-order valence-corrected chi connectivity index (χ4v) is 3.06. The number of nitrogens with zero attached hydrogens (tertiary/aromatic N) is 1. The fourth-order valence-electron chi connectivity index (χ4n) is 2.88. The minimum Gasteiger partial charge on any atom is -0.456 e. The first-order chi connectivity index (χ1) is 13.6. The molecule has 0 saturated heterocycles. The lowest BCUT2D eigenvalue weighted by Crippen LogP contribution is -2.21. The number of carbonyl (C=O) groups is 2. The van der Waals surface area contributed by atoms with Crippen molar-refractivity contribution in [2.24, 2.45) is 0 Å². The van der Waals surface area contributed by atoms with Crippen molar-refractivity contribution in [1.82, 2.24) is 4.98 Å². The summed E-state index contributed by atoms with van der Waals surface area (Å²) in [6, 6.07) is 14.5. The number of para-hydroxylation sites is 1. The molecule has 0 bridgehead atoms. The number of nitriles is 1.